The minimum absolute atomic E-state index is 0.0666. The number of nitrogens with one attached hydrogen (secondary N) is 1. The first kappa shape index (κ1) is 21.6. The Balaban J connectivity index is 2.11. The van der Waals surface area contributed by atoms with Crippen LogP contribution in [-0.2, 0) is 11.2 Å². The molecule has 1 aromatic heterocycles. The fourth-order valence-corrected chi connectivity index (χ4v) is 3.74. The Labute approximate surface area is 177 Å². The van der Waals surface area contributed by atoms with Crippen molar-refractivity contribution in [1.29, 1.82) is 0 Å². The summed E-state index contributed by atoms with van der Waals surface area (Å²) < 4.78 is 11.2. The van der Waals surface area contributed by atoms with Gasteiger partial charge in [-0.15, -0.1) is 0 Å². The first-order chi connectivity index (χ1) is 14.4. The number of ether oxygens (including phenoxy) is 1. The zero-order valence-electron chi connectivity index (χ0n) is 18.1. The molecular weight excluding hydrogens is 378 g/mol. The second kappa shape index (κ2) is 9.61. The maximum absolute atomic E-state index is 13.4. The number of methoxy groups -OCH3 is 1. The van der Waals surface area contributed by atoms with E-state index in [9.17, 15) is 9.59 Å². The fraction of sp³-hybridized carbons (Fsp3) is 0.360. The van der Waals surface area contributed by atoms with E-state index >= 15 is 0 Å². The van der Waals surface area contributed by atoms with E-state index in [1.165, 1.54) is 13.3 Å². The number of unbranched alkanes of at least 4 members (excludes halogenated alkanes) is 3. The lowest BCUT2D eigenvalue weighted by atomic mass is 9.98. The van der Waals surface area contributed by atoms with Gasteiger partial charge in [-0.25, -0.2) is 0 Å². The van der Waals surface area contributed by atoms with Gasteiger partial charge >= 0.3 is 0 Å². The van der Waals surface area contributed by atoms with Crippen LogP contribution >= 0.6 is 0 Å². The molecule has 0 spiro atoms. The molecule has 0 bridgehead atoms. The molecule has 2 aromatic carbocycles. The first-order valence-corrected chi connectivity index (χ1v) is 10.5. The molecule has 0 unspecified atom stereocenters. The highest BCUT2D eigenvalue weighted by Gasteiger charge is 2.16. The van der Waals surface area contributed by atoms with Crippen molar-refractivity contribution in [2.45, 2.75) is 52.9 Å². The summed E-state index contributed by atoms with van der Waals surface area (Å²) in [5.41, 5.74) is 3.43. The van der Waals surface area contributed by atoms with Crippen LogP contribution in [0.1, 0.15) is 50.9 Å². The number of anilines is 1. The number of hydrogen-bond donors (Lipinski definition) is 1. The van der Waals surface area contributed by atoms with Gasteiger partial charge in [0.05, 0.1) is 18.1 Å². The third kappa shape index (κ3) is 4.73. The normalized spacial score (nSPS) is 10.9. The number of fused-ring (bicyclic) bond motifs is 1. The number of rotatable bonds is 8. The molecular formula is C25H29NO4. The largest absolute Gasteiger partial charge is 0.497 e. The minimum Gasteiger partial charge on any atom is -0.497 e. The SMILES string of the molecule is CCCCCCc1cc2c(=O)c(-c3ccc(OC)cc3)c(C)oc2cc1NC(C)=O. The van der Waals surface area contributed by atoms with E-state index in [1.54, 1.807) is 20.1 Å². The third-order valence-electron chi connectivity index (χ3n) is 5.28. The minimum atomic E-state index is -0.141. The number of carbonyl (C=O) groups is 1. The molecule has 158 valence electrons. The Kier molecular flexibility index (Phi) is 6.93. The number of hydrogen-bond acceptors (Lipinski definition) is 4. The van der Waals surface area contributed by atoms with Gasteiger partial charge in [0.15, 0.2) is 0 Å². The molecule has 0 saturated carbocycles. The van der Waals surface area contributed by atoms with Crippen molar-refractivity contribution < 1.29 is 13.9 Å². The average Bonchev–Trinajstić information content (AvgIpc) is 2.72. The van der Waals surface area contributed by atoms with Crippen LogP contribution in [0.2, 0.25) is 0 Å². The Bertz CT molecular complexity index is 1100. The van der Waals surface area contributed by atoms with Crippen LogP contribution in [0.15, 0.2) is 45.6 Å². The summed E-state index contributed by atoms with van der Waals surface area (Å²) in [5, 5.41) is 3.42. The Morgan fingerprint density at radius 1 is 1.10 bits per heavy atom. The molecule has 3 aromatic rings. The van der Waals surface area contributed by atoms with E-state index in [-0.39, 0.29) is 11.3 Å². The molecule has 0 radical (unpaired) electrons. The number of carbonyl (C=O) groups excluding carboxylic acids is 1. The highest BCUT2D eigenvalue weighted by molar-refractivity contribution is 5.94. The van der Waals surface area contributed by atoms with E-state index in [2.05, 4.69) is 12.2 Å². The van der Waals surface area contributed by atoms with Crippen molar-refractivity contribution in [3.63, 3.8) is 0 Å². The van der Waals surface area contributed by atoms with Gasteiger partial charge in [0.25, 0.3) is 0 Å². The Hall–Kier alpha value is -3.08. The van der Waals surface area contributed by atoms with E-state index < -0.39 is 0 Å². The van der Waals surface area contributed by atoms with E-state index in [0.717, 1.165) is 42.6 Å². The van der Waals surface area contributed by atoms with E-state index in [0.29, 0.717) is 28.0 Å². The summed E-state index contributed by atoms with van der Waals surface area (Å²) in [6.45, 7) is 5.45. The number of amides is 1. The zero-order valence-corrected chi connectivity index (χ0v) is 18.1. The monoisotopic (exact) mass is 407 g/mol. The van der Waals surface area contributed by atoms with Gasteiger partial charge in [-0.3, -0.25) is 9.59 Å². The van der Waals surface area contributed by atoms with Crippen LogP contribution in [0.25, 0.3) is 22.1 Å². The molecule has 30 heavy (non-hydrogen) atoms. The van der Waals surface area contributed by atoms with Crippen LogP contribution in [0, 0.1) is 6.92 Å². The molecule has 0 aliphatic rings. The van der Waals surface area contributed by atoms with Crippen LogP contribution in [0.3, 0.4) is 0 Å². The molecule has 5 heteroatoms. The van der Waals surface area contributed by atoms with Crippen molar-refractivity contribution in [1.82, 2.24) is 0 Å². The predicted molar refractivity (Wildman–Crippen MR) is 121 cm³/mol. The molecule has 1 heterocycles. The number of benzene rings is 2. The number of aryl methyl sites for hydroxylation is 2. The topological polar surface area (TPSA) is 68.5 Å². The van der Waals surface area contributed by atoms with Crippen molar-refractivity contribution in [2.75, 3.05) is 12.4 Å². The molecule has 5 nitrogen and oxygen atoms in total. The zero-order chi connectivity index (χ0) is 21.7. The lowest BCUT2D eigenvalue weighted by Crippen LogP contribution is -2.11. The fourth-order valence-electron chi connectivity index (χ4n) is 3.74. The molecule has 0 saturated heterocycles. The van der Waals surface area contributed by atoms with Crippen molar-refractivity contribution >= 4 is 22.6 Å². The molecule has 0 aliphatic carbocycles. The first-order valence-electron chi connectivity index (χ1n) is 10.5. The van der Waals surface area contributed by atoms with Crippen LogP contribution in [0.5, 0.6) is 5.75 Å². The highest BCUT2D eigenvalue weighted by atomic mass is 16.5. The second-order valence-electron chi connectivity index (χ2n) is 7.59. The van der Waals surface area contributed by atoms with Gasteiger partial charge in [-0.2, -0.15) is 0 Å². The standard InChI is InChI=1S/C25H29NO4/c1-5-6-7-8-9-19-14-21-23(15-22(19)26-17(3)27)30-16(2)24(25(21)28)18-10-12-20(29-4)13-11-18/h10-15H,5-9H2,1-4H3,(H,26,27). The summed E-state index contributed by atoms with van der Waals surface area (Å²) in [7, 11) is 1.61. The van der Waals surface area contributed by atoms with Gasteiger partial charge < -0.3 is 14.5 Å². The van der Waals surface area contributed by atoms with E-state index in [1.807, 2.05) is 30.3 Å². The maximum Gasteiger partial charge on any atom is 0.221 e. The molecule has 1 amide bonds. The average molecular weight is 408 g/mol. The van der Waals surface area contributed by atoms with E-state index in [4.69, 9.17) is 9.15 Å². The highest BCUT2D eigenvalue weighted by Crippen LogP contribution is 2.29. The van der Waals surface area contributed by atoms with Gasteiger partial charge in [0.1, 0.15) is 17.1 Å². The predicted octanol–water partition coefficient (Wildman–Crippen LogP) is 5.86. The summed E-state index contributed by atoms with van der Waals surface area (Å²) in [6, 6.07) is 11.0. The van der Waals surface area contributed by atoms with Gasteiger partial charge in [-0.05, 0) is 49.1 Å². The molecule has 0 fully saturated rings. The summed E-state index contributed by atoms with van der Waals surface area (Å²) in [5.74, 6) is 1.14. The quantitative estimate of drug-likeness (QED) is 0.475. The van der Waals surface area contributed by atoms with Gasteiger partial charge in [0.2, 0.25) is 11.3 Å². The van der Waals surface area contributed by atoms with Crippen molar-refractivity contribution in [3.8, 4) is 16.9 Å². The summed E-state index contributed by atoms with van der Waals surface area (Å²) >= 11 is 0. The summed E-state index contributed by atoms with van der Waals surface area (Å²) in [6.07, 6.45) is 5.26. The lowest BCUT2D eigenvalue weighted by molar-refractivity contribution is -0.114. The maximum atomic E-state index is 13.4. The van der Waals surface area contributed by atoms with Crippen LogP contribution in [0.4, 0.5) is 5.69 Å². The molecule has 0 aliphatic heterocycles. The van der Waals surface area contributed by atoms with Gasteiger partial charge in [-0.1, -0.05) is 38.3 Å². The molecule has 0 atom stereocenters. The van der Waals surface area contributed by atoms with Crippen LogP contribution < -0.4 is 15.5 Å². The third-order valence-corrected chi connectivity index (χ3v) is 5.28. The smallest absolute Gasteiger partial charge is 0.221 e. The van der Waals surface area contributed by atoms with Crippen molar-refractivity contribution in [3.05, 3.63) is 57.9 Å². The Morgan fingerprint density at radius 2 is 1.83 bits per heavy atom. The Morgan fingerprint density at radius 3 is 2.47 bits per heavy atom. The molecule has 3 rings (SSSR count). The lowest BCUT2D eigenvalue weighted by Gasteiger charge is -2.13. The van der Waals surface area contributed by atoms with Crippen molar-refractivity contribution in [2.24, 2.45) is 0 Å². The molecule has 1 N–H and O–H groups in total. The summed E-state index contributed by atoms with van der Waals surface area (Å²) in [4.78, 5) is 25.1. The van der Waals surface area contributed by atoms with Crippen LogP contribution in [-0.4, -0.2) is 13.0 Å². The second-order valence-corrected chi connectivity index (χ2v) is 7.59. The van der Waals surface area contributed by atoms with Gasteiger partial charge in [0, 0.05) is 18.7 Å².